The minimum atomic E-state index is -0.924. The number of halogens is 1. The van der Waals surface area contributed by atoms with Crippen LogP contribution in [0.5, 0.6) is 0 Å². The minimum Gasteiger partial charge on any atom is -0.390 e. The molecule has 0 radical (unpaired) electrons. The largest absolute Gasteiger partial charge is 0.390 e. The predicted octanol–water partition coefficient (Wildman–Crippen LogP) is 1.70. The van der Waals surface area contributed by atoms with E-state index >= 15 is 0 Å². The second-order valence-corrected chi connectivity index (χ2v) is 4.96. The summed E-state index contributed by atoms with van der Waals surface area (Å²) in [5.41, 5.74) is 9.56. The van der Waals surface area contributed by atoms with E-state index < -0.39 is 18.2 Å². The van der Waals surface area contributed by atoms with Crippen LogP contribution in [0.15, 0.2) is 35.6 Å². The molecular weight excluding hydrogens is 291 g/mol. The van der Waals surface area contributed by atoms with Gasteiger partial charge in [0.25, 0.3) is 0 Å². The molecule has 2 heterocycles. The van der Waals surface area contributed by atoms with Gasteiger partial charge >= 0.3 is 0 Å². The Balaban J connectivity index is 1.85. The molecule has 0 bridgehead atoms. The van der Waals surface area contributed by atoms with Gasteiger partial charge in [0, 0.05) is 10.5 Å². The Labute approximate surface area is 124 Å². The number of benzene rings is 1. The van der Waals surface area contributed by atoms with Gasteiger partial charge in [0.2, 0.25) is 0 Å². The van der Waals surface area contributed by atoms with E-state index in [9.17, 15) is 9.50 Å². The quantitative estimate of drug-likeness (QED) is 0.528. The van der Waals surface area contributed by atoms with Crippen molar-refractivity contribution < 1.29 is 14.2 Å². The molecule has 2 aromatic rings. The van der Waals surface area contributed by atoms with Gasteiger partial charge in [-0.1, -0.05) is 22.5 Å². The maximum absolute atomic E-state index is 13.3. The van der Waals surface area contributed by atoms with Crippen molar-refractivity contribution in [3.05, 3.63) is 46.7 Å². The van der Waals surface area contributed by atoms with E-state index in [4.69, 9.17) is 10.3 Å². The van der Waals surface area contributed by atoms with Crippen LogP contribution in [0.25, 0.3) is 21.7 Å². The zero-order valence-electron chi connectivity index (χ0n) is 11.4. The van der Waals surface area contributed by atoms with Crippen LogP contribution in [0, 0.1) is 5.82 Å². The Morgan fingerprint density at radius 2 is 2.32 bits per heavy atom. The summed E-state index contributed by atoms with van der Waals surface area (Å²) >= 11 is 0. The van der Waals surface area contributed by atoms with E-state index in [1.165, 1.54) is 16.8 Å². The normalized spacial score (nSPS) is 24.7. The van der Waals surface area contributed by atoms with Gasteiger partial charge in [-0.25, -0.2) is 9.07 Å². The average Bonchev–Trinajstić information content (AvgIpc) is 2.99. The fourth-order valence-electron chi connectivity index (χ4n) is 2.38. The van der Waals surface area contributed by atoms with Crippen molar-refractivity contribution in [2.75, 3.05) is 13.2 Å². The summed E-state index contributed by atoms with van der Waals surface area (Å²) in [5.74, 6) is -0.364. The first kappa shape index (κ1) is 14.5. The summed E-state index contributed by atoms with van der Waals surface area (Å²) in [4.78, 5) is 2.70. The lowest BCUT2D eigenvalue weighted by atomic mass is 10.0. The van der Waals surface area contributed by atoms with Gasteiger partial charge in [-0.05, 0) is 17.7 Å². The maximum Gasteiger partial charge on any atom is 0.123 e. The van der Waals surface area contributed by atoms with E-state index in [1.54, 1.807) is 18.3 Å². The highest BCUT2D eigenvalue weighted by Gasteiger charge is 2.34. The van der Waals surface area contributed by atoms with Gasteiger partial charge in [-0.3, -0.25) is 0 Å². The molecule has 1 aromatic carbocycles. The lowest BCUT2D eigenvalue weighted by molar-refractivity contribution is -0.0481. The molecule has 1 saturated heterocycles. The van der Waals surface area contributed by atoms with Crippen LogP contribution in [-0.2, 0) is 4.74 Å². The monoisotopic (exact) mass is 304 g/mol. The highest BCUT2D eigenvalue weighted by Crippen LogP contribution is 2.24. The van der Waals surface area contributed by atoms with Crippen molar-refractivity contribution >= 4 is 0 Å². The number of hydrogen-bond acceptors (Lipinski definition) is 5. The van der Waals surface area contributed by atoms with Crippen molar-refractivity contribution in [3.63, 3.8) is 0 Å². The molecule has 114 valence electrons. The zero-order valence-corrected chi connectivity index (χ0v) is 11.4. The summed E-state index contributed by atoms with van der Waals surface area (Å²) in [6.45, 7) is 0.387. The van der Waals surface area contributed by atoms with Crippen LogP contribution in [0.1, 0.15) is 6.04 Å². The lowest BCUT2D eigenvalue weighted by Crippen LogP contribution is -2.44. The van der Waals surface area contributed by atoms with Crippen LogP contribution >= 0.6 is 0 Å². The molecule has 0 saturated carbocycles. The van der Waals surface area contributed by atoms with Crippen molar-refractivity contribution in [2.45, 2.75) is 18.2 Å². The maximum atomic E-state index is 13.3. The van der Waals surface area contributed by atoms with Gasteiger partial charge in [0.1, 0.15) is 17.6 Å². The Morgan fingerprint density at radius 3 is 3.09 bits per heavy atom. The molecule has 3 rings (SSSR count). The van der Waals surface area contributed by atoms with Crippen LogP contribution in [-0.4, -0.2) is 45.5 Å². The number of ether oxygens (including phenoxy) is 1. The standard InChI is InChI=1S/C13H13FN6O2/c14-9-3-1-2-8(4-9)10-5-20(19-17-10)12-7-22-6-11(13(12)21)16-18-15/h1-5,11-13,21H,6-7H2/t11?,12-,13-/m0/s1. The minimum absolute atomic E-state index is 0.160. The van der Waals surface area contributed by atoms with Gasteiger partial charge in [0.15, 0.2) is 0 Å². The molecule has 3 atom stereocenters. The smallest absolute Gasteiger partial charge is 0.123 e. The fraction of sp³-hybridized carbons (Fsp3) is 0.385. The summed E-state index contributed by atoms with van der Waals surface area (Å²) in [5, 5.41) is 21.7. The van der Waals surface area contributed by atoms with E-state index in [0.717, 1.165) is 0 Å². The fourth-order valence-corrected chi connectivity index (χ4v) is 2.38. The summed E-state index contributed by atoms with van der Waals surface area (Å²) < 4.78 is 20.0. The lowest BCUT2D eigenvalue weighted by Gasteiger charge is -2.31. The molecule has 1 unspecified atom stereocenters. The number of hydrogen-bond donors (Lipinski definition) is 1. The molecule has 0 spiro atoms. The summed E-state index contributed by atoms with van der Waals surface area (Å²) in [6.07, 6.45) is 0.677. The predicted molar refractivity (Wildman–Crippen MR) is 74.2 cm³/mol. The SMILES string of the molecule is [N-]=[N+]=NC1COC[C@H](n2cc(-c3cccc(F)c3)nn2)[C@H]1O. The molecule has 0 aliphatic carbocycles. The molecule has 9 heteroatoms. The number of aliphatic hydroxyl groups excluding tert-OH is 1. The number of rotatable bonds is 3. The van der Waals surface area contributed by atoms with E-state index in [0.29, 0.717) is 11.3 Å². The van der Waals surface area contributed by atoms with Gasteiger partial charge in [-0.2, -0.15) is 0 Å². The van der Waals surface area contributed by atoms with Gasteiger partial charge < -0.3 is 9.84 Å². The molecule has 0 amide bonds. The third kappa shape index (κ3) is 2.77. The van der Waals surface area contributed by atoms with Gasteiger partial charge in [-0.15, -0.1) is 5.10 Å². The Bertz CT molecular complexity index is 714. The van der Waals surface area contributed by atoms with Crippen molar-refractivity contribution in [2.24, 2.45) is 5.11 Å². The van der Waals surface area contributed by atoms with E-state index in [1.807, 2.05) is 0 Å². The highest BCUT2D eigenvalue weighted by atomic mass is 19.1. The number of aliphatic hydroxyl groups is 1. The first-order chi connectivity index (χ1) is 10.7. The first-order valence-corrected chi connectivity index (χ1v) is 6.67. The van der Waals surface area contributed by atoms with Crippen LogP contribution in [0.4, 0.5) is 4.39 Å². The Kier molecular flexibility index (Phi) is 4.01. The molecule has 8 nitrogen and oxygen atoms in total. The molecule has 1 aliphatic rings. The molecule has 22 heavy (non-hydrogen) atoms. The molecular formula is C13H13FN6O2. The van der Waals surface area contributed by atoms with E-state index in [2.05, 4.69) is 20.3 Å². The molecule has 1 aromatic heterocycles. The zero-order chi connectivity index (χ0) is 15.5. The van der Waals surface area contributed by atoms with Crippen LogP contribution < -0.4 is 0 Å². The van der Waals surface area contributed by atoms with E-state index in [-0.39, 0.29) is 19.0 Å². The first-order valence-electron chi connectivity index (χ1n) is 6.67. The topological polar surface area (TPSA) is 109 Å². The molecule has 1 fully saturated rings. The third-order valence-electron chi connectivity index (χ3n) is 3.54. The molecule has 1 aliphatic heterocycles. The Morgan fingerprint density at radius 1 is 1.45 bits per heavy atom. The van der Waals surface area contributed by atoms with Crippen LogP contribution in [0.3, 0.4) is 0 Å². The van der Waals surface area contributed by atoms with Gasteiger partial charge in [0.05, 0.1) is 31.6 Å². The summed E-state index contributed by atoms with van der Waals surface area (Å²) in [7, 11) is 0. The molecule has 1 N–H and O–H groups in total. The number of azide groups is 1. The second kappa shape index (κ2) is 6.10. The second-order valence-electron chi connectivity index (χ2n) is 4.96. The summed E-state index contributed by atoms with van der Waals surface area (Å²) in [6, 6.07) is 4.81. The third-order valence-corrected chi connectivity index (χ3v) is 3.54. The highest BCUT2D eigenvalue weighted by molar-refractivity contribution is 5.57. The number of nitrogens with zero attached hydrogens (tertiary/aromatic N) is 6. The Hall–Kier alpha value is -2.48. The van der Waals surface area contributed by atoms with Crippen molar-refractivity contribution in [1.82, 2.24) is 15.0 Å². The van der Waals surface area contributed by atoms with Crippen LogP contribution in [0.2, 0.25) is 0 Å². The number of aromatic nitrogens is 3. The van der Waals surface area contributed by atoms with Crippen molar-refractivity contribution in [3.8, 4) is 11.3 Å². The van der Waals surface area contributed by atoms with Crippen molar-refractivity contribution in [1.29, 1.82) is 0 Å². The average molecular weight is 304 g/mol.